The second-order valence-corrected chi connectivity index (χ2v) is 4.64. The molecule has 90 valence electrons. The molecule has 4 heteroatoms. The number of halogens is 2. The molecule has 2 nitrogen and oxygen atoms in total. The van der Waals surface area contributed by atoms with Crippen LogP contribution in [0.1, 0.15) is 16.7 Å². The first kappa shape index (κ1) is 11.2. The van der Waals surface area contributed by atoms with Crippen molar-refractivity contribution < 1.29 is 4.39 Å². The number of aromatic nitrogens is 1. The van der Waals surface area contributed by atoms with E-state index in [1.54, 1.807) is 12.1 Å². The van der Waals surface area contributed by atoms with Gasteiger partial charge in [-0.15, -0.1) is 0 Å². The van der Waals surface area contributed by atoms with Crippen molar-refractivity contribution in [3.63, 3.8) is 0 Å². The minimum atomic E-state index is -0.207. The monoisotopic (exact) mass is 260 g/mol. The quantitative estimate of drug-likeness (QED) is 0.797. The molecule has 0 fully saturated rings. The lowest BCUT2D eigenvalue weighted by atomic mass is 10.0. The first-order valence-electron chi connectivity index (χ1n) is 5.54. The Labute approximate surface area is 109 Å². The highest BCUT2D eigenvalue weighted by Gasteiger charge is 2.18. The summed E-state index contributed by atoms with van der Waals surface area (Å²) in [6, 6.07) is 6.81. The maximum Gasteiger partial charge on any atom is 0.130 e. The third-order valence-electron chi connectivity index (χ3n) is 3.09. The zero-order valence-corrected chi connectivity index (χ0v) is 10.2. The van der Waals surface area contributed by atoms with Crippen LogP contribution in [0.4, 0.5) is 10.1 Å². The fourth-order valence-corrected chi connectivity index (χ4v) is 2.38. The lowest BCUT2D eigenvalue weighted by Gasteiger charge is -2.06. The van der Waals surface area contributed by atoms with Gasteiger partial charge in [0.15, 0.2) is 0 Å². The van der Waals surface area contributed by atoms with E-state index in [-0.39, 0.29) is 5.82 Å². The molecule has 18 heavy (non-hydrogen) atoms. The lowest BCUT2D eigenvalue weighted by Crippen LogP contribution is -1.95. The van der Waals surface area contributed by atoms with E-state index in [9.17, 15) is 4.39 Å². The van der Waals surface area contributed by atoms with Crippen LogP contribution in [0, 0.1) is 5.82 Å². The van der Waals surface area contributed by atoms with Gasteiger partial charge in [0, 0.05) is 11.1 Å². The highest BCUT2D eigenvalue weighted by molar-refractivity contribution is 6.29. The topological polar surface area (TPSA) is 38.9 Å². The van der Waals surface area contributed by atoms with Crippen molar-refractivity contribution in [2.75, 3.05) is 5.73 Å². The molecule has 3 rings (SSSR count). The fourth-order valence-electron chi connectivity index (χ4n) is 2.22. The van der Waals surface area contributed by atoms with Crippen LogP contribution < -0.4 is 5.73 Å². The maximum atomic E-state index is 13.6. The number of nitrogen functional groups attached to an aromatic ring is 1. The van der Waals surface area contributed by atoms with Crippen LogP contribution in [-0.2, 0) is 6.42 Å². The molecule has 1 aliphatic carbocycles. The summed E-state index contributed by atoms with van der Waals surface area (Å²) in [5, 5.41) is 0.386. The molecule has 1 aromatic carbocycles. The number of allylic oxidation sites excluding steroid dienone is 1. The molecule has 1 aliphatic rings. The maximum absolute atomic E-state index is 13.6. The molecule has 1 aromatic heterocycles. The van der Waals surface area contributed by atoms with Gasteiger partial charge >= 0.3 is 0 Å². The molecule has 0 spiro atoms. The van der Waals surface area contributed by atoms with Crippen molar-refractivity contribution in [2.45, 2.75) is 6.42 Å². The van der Waals surface area contributed by atoms with Crippen LogP contribution in [0.15, 0.2) is 30.5 Å². The Bertz CT molecular complexity index is 665. The zero-order chi connectivity index (χ0) is 12.7. The SMILES string of the molecule is Nc1cnc(Cl)cc1C1=Cc2c(F)cccc2C1. The van der Waals surface area contributed by atoms with Crippen molar-refractivity contribution in [1.29, 1.82) is 0 Å². The Hall–Kier alpha value is -1.87. The minimum Gasteiger partial charge on any atom is -0.397 e. The largest absolute Gasteiger partial charge is 0.397 e. The van der Waals surface area contributed by atoms with Crippen molar-refractivity contribution in [3.05, 3.63) is 58.1 Å². The van der Waals surface area contributed by atoms with Gasteiger partial charge in [-0.25, -0.2) is 9.37 Å². The number of nitrogens with zero attached hydrogens (tertiary/aromatic N) is 1. The minimum absolute atomic E-state index is 0.207. The molecule has 0 unspecified atom stereocenters. The van der Waals surface area contributed by atoms with E-state index in [2.05, 4.69) is 4.98 Å². The van der Waals surface area contributed by atoms with Gasteiger partial charge in [-0.2, -0.15) is 0 Å². The predicted octanol–water partition coefficient (Wildman–Crippen LogP) is 3.55. The molecular weight excluding hydrogens is 251 g/mol. The second kappa shape index (κ2) is 4.10. The number of anilines is 1. The Balaban J connectivity index is 2.10. The van der Waals surface area contributed by atoms with E-state index >= 15 is 0 Å². The summed E-state index contributed by atoms with van der Waals surface area (Å²) in [7, 11) is 0. The van der Waals surface area contributed by atoms with E-state index in [4.69, 9.17) is 17.3 Å². The van der Waals surface area contributed by atoms with Crippen molar-refractivity contribution in [3.8, 4) is 0 Å². The van der Waals surface area contributed by atoms with Gasteiger partial charge in [0.2, 0.25) is 0 Å². The van der Waals surface area contributed by atoms with Gasteiger partial charge in [-0.1, -0.05) is 23.7 Å². The first-order valence-corrected chi connectivity index (χ1v) is 5.92. The standard InChI is InChI=1S/C14H10ClFN2/c15-14-6-11(13(17)7-18-14)9-4-8-2-1-3-12(16)10(8)5-9/h1-3,5-7H,4,17H2. The summed E-state index contributed by atoms with van der Waals surface area (Å²) in [5.74, 6) is -0.207. The molecule has 0 amide bonds. The number of pyridine rings is 1. The third kappa shape index (κ3) is 1.77. The van der Waals surface area contributed by atoms with Crippen LogP contribution in [0.5, 0.6) is 0 Å². The number of hydrogen-bond donors (Lipinski definition) is 1. The average Bonchev–Trinajstić information content (AvgIpc) is 2.77. The van der Waals surface area contributed by atoms with Crippen molar-refractivity contribution >= 4 is 28.9 Å². The molecule has 2 aromatic rings. The van der Waals surface area contributed by atoms with Crippen molar-refractivity contribution in [1.82, 2.24) is 4.98 Å². The van der Waals surface area contributed by atoms with Crippen LogP contribution in [-0.4, -0.2) is 4.98 Å². The average molecular weight is 261 g/mol. The van der Waals surface area contributed by atoms with E-state index in [1.165, 1.54) is 12.3 Å². The lowest BCUT2D eigenvalue weighted by molar-refractivity contribution is 0.624. The van der Waals surface area contributed by atoms with Crippen LogP contribution >= 0.6 is 11.6 Å². The van der Waals surface area contributed by atoms with Crippen LogP contribution in [0.2, 0.25) is 5.15 Å². The number of benzene rings is 1. The first-order chi connectivity index (χ1) is 8.65. The molecule has 0 aliphatic heterocycles. The predicted molar refractivity (Wildman–Crippen MR) is 71.6 cm³/mol. The Morgan fingerprint density at radius 3 is 2.94 bits per heavy atom. The molecule has 0 bridgehead atoms. The Morgan fingerprint density at radius 2 is 2.17 bits per heavy atom. The van der Waals surface area contributed by atoms with Gasteiger partial charge < -0.3 is 5.73 Å². The summed E-state index contributed by atoms with van der Waals surface area (Å²) in [4.78, 5) is 3.92. The molecule has 0 saturated carbocycles. The normalized spacial score (nSPS) is 13.3. The Kier molecular flexibility index (Phi) is 2.56. The fraction of sp³-hybridized carbons (Fsp3) is 0.0714. The van der Waals surface area contributed by atoms with Gasteiger partial charge in [0.1, 0.15) is 11.0 Å². The number of fused-ring (bicyclic) bond motifs is 1. The summed E-state index contributed by atoms with van der Waals surface area (Å²) in [6.07, 6.45) is 4.02. The highest BCUT2D eigenvalue weighted by atomic mass is 35.5. The third-order valence-corrected chi connectivity index (χ3v) is 3.30. The van der Waals surface area contributed by atoms with Gasteiger partial charge in [0.25, 0.3) is 0 Å². The molecule has 2 N–H and O–H groups in total. The van der Waals surface area contributed by atoms with Crippen LogP contribution in [0.3, 0.4) is 0 Å². The summed E-state index contributed by atoms with van der Waals surface area (Å²) < 4.78 is 13.6. The summed E-state index contributed by atoms with van der Waals surface area (Å²) in [5.41, 5.74) is 9.84. The number of hydrogen-bond acceptors (Lipinski definition) is 2. The highest BCUT2D eigenvalue weighted by Crippen LogP contribution is 2.35. The molecule has 1 heterocycles. The smallest absolute Gasteiger partial charge is 0.130 e. The molecular formula is C14H10ClFN2. The van der Waals surface area contributed by atoms with Crippen LogP contribution in [0.25, 0.3) is 11.6 Å². The summed E-state index contributed by atoms with van der Waals surface area (Å²) >= 11 is 5.87. The molecule has 0 atom stereocenters. The number of nitrogens with two attached hydrogens (primary N) is 1. The van der Waals surface area contributed by atoms with Gasteiger partial charge in [-0.3, -0.25) is 0 Å². The van der Waals surface area contributed by atoms with E-state index in [0.29, 0.717) is 22.8 Å². The number of rotatable bonds is 1. The van der Waals surface area contributed by atoms with Gasteiger partial charge in [0.05, 0.1) is 11.9 Å². The van der Waals surface area contributed by atoms with E-state index in [1.807, 2.05) is 12.1 Å². The van der Waals surface area contributed by atoms with E-state index in [0.717, 1.165) is 16.7 Å². The van der Waals surface area contributed by atoms with E-state index < -0.39 is 0 Å². The molecule has 0 saturated heterocycles. The second-order valence-electron chi connectivity index (χ2n) is 4.25. The zero-order valence-electron chi connectivity index (χ0n) is 9.45. The van der Waals surface area contributed by atoms with Crippen molar-refractivity contribution in [2.24, 2.45) is 0 Å². The van der Waals surface area contributed by atoms with Gasteiger partial charge in [-0.05, 0) is 35.8 Å². The Morgan fingerprint density at radius 1 is 1.33 bits per heavy atom. The molecule has 0 radical (unpaired) electrons. The summed E-state index contributed by atoms with van der Waals surface area (Å²) in [6.45, 7) is 0.